The zero-order valence-electron chi connectivity index (χ0n) is 10.6. The molecule has 0 aliphatic heterocycles. The van der Waals surface area contributed by atoms with E-state index >= 15 is 0 Å². The Morgan fingerprint density at radius 3 is 2.62 bits per heavy atom. The molecule has 0 aliphatic rings. The predicted molar refractivity (Wildman–Crippen MR) is 71.4 cm³/mol. The number of nitrogens with one attached hydrogen (secondary N) is 1. The molecule has 1 aromatic rings. The number of hydrogen-bond acceptors (Lipinski definition) is 2. The largest absolute Gasteiger partial charge is 0.308 e. The molecule has 1 rings (SSSR count). The summed E-state index contributed by atoms with van der Waals surface area (Å²) in [4.78, 5) is 0. The van der Waals surface area contributed by atoms with E-state index in [0.29, 0.717) is 12.0 Å². The molecular weight excluding hydrogens is 266 g/mol. The normalized spacial score (nSPS) is 15.1. The van der Waals surface area contributed by atoms with E-state index in [1.54, 1.807) is 0 Å². The molecule has 0 saturated heterocycles. The summed E-state index contributed by atoms with van der Waals surface area (Å²) in [6, 6.07) is 0.381. The highest BCUT2D eigenvalue weighted by atomic mass is 79.9. The number of hydrogen-bond donors (Lipinski definition) is 1. The molecule has 0 radical (unpaired) electrons. The highest BCUT2D eigenvalue weighted by molar-refractivity contribution is 9.10. The third-order valence-corrected chi connectivity index (χ3v) is 3.67. The minimum absolute atomic E-state index is 0.381. The summed E-state index contributed by atoms with van der Waals surface area (Å²) in [6.45, 7) is 7.76. The van der Waals surface area contributed by atoms with E-state index in [2.05, 4.69) is 47.1 Å². The number of aryl methyl sites for hydroxylation is 1. The Morgan fingerprint density at radius 1 is 1.50 bits per heavy atom. The summed E-state index contributed by atoms with van der Waals surface area (Å²) in [7, 11) is 2.00. The van der Waals surface area contributed by atoms with Gasteiger partial charge < -0.3 is 5.32 Å². The second kappa shape index (κ2) is 6.40. The molecule has 2 atom stereocenters. The van der Waals surface area contributed by atoms with E-state index in [1.165, 1.54) is 12.1 Å². The lowest BCUT2D eigenvalue weighted by Gasteiger charge is -2.25. The quantitative estimate of drug-likeness (QED) is 0.870. The van der Waals surface area contributed by atoms with Crippen molar-refractivity contribution in [1.82, 2.24) is 15.1 Å². The van der Waals surface area contributed by atoms with Crippen LogP contribution in [0.5, 0.6) is 0 Å². The van der Waals surface area contributed by atoms with Crippen LogP contribution in [0.2, 0.25) is 0 Å². The van der Waals surface area contributed by atoms with Gasteiger partial charge in [-0.1, -0.05) is 27.2 Å². The Bertz CT molecular complexity index is 303. The molecule has 92 valence electrons. The summed E-state index contributed by atoms with van der Waals surface area (Å²) < 4.78 is 3.06. The minimum atomic E-state index is 0.381. The van der Waals surface area contributed by atoms with Crippen molar-refractivity contribution in [2.24, 2.45) is 13.0 Å². The van der Waals surface area contributed by atoms with Crippen molar-refractivity contribution in [1.29, 1.82) is 0 Å². The third kappa shape index (κ3) is 3.08. The summed E-state index contributed by atoms with van der Waals surface area (Å²) >= 11 is 3.58. The Balaban J connectivity index is 2.91. The predicted octanol–water partition coefficient (Wildman–Crippen LogP) is 3.27. The molecule has 3 nitrogen and oxygen atoms in total. The van der Waals surface area contributed by atoms with Crippen LogP contribution >= 0.6 is 15.9 Å². The Hall–Kier alpha value is -0.350. The van der Waals surface area contributed by atoms with Gasteiger partial charge >= 0.3 is 0 Å². The minimum Gasteiger partial charge on any atom is -0.308 e. The van der Waals surface area contributed by atoms with Crippen LogP contribution < -0.4 is 5.32 Å². The van der Waals surface area contributed by atoms with Gasteiger partial charge in [-0.15, -0.1) is 0 Å². The van der Waals surface area contributed by atoms with Gasteiger partial charge in [-0.25, -0.2) is 0 Å². The summed E-state index contributed by atoms with van der Waals surface area (Å²) in [6.07, 6.45) is 4.19. The van der Waals surface area contributed by atoms with Crippen molar-refractivity contribution in [3.8, 4) is 0 Å². The second-order valence-corrected chi connectivity index (χ2v) is 5.17. The van der Waals surface area contributed by atoms with Crippen molar-refractivity contribution in [2.75, 3.05) is 6.54 Å². The molecule has 0 saturated carbocycles. The summed E-state index contributed by atoms with van der Waals surface area (Å²) in [5, 5.41) is 7.90. The maximum absolute atomic E-state index is 4.29. The first-order valence-electron chi connectivity index (χ1n) is 6.02. The van der Waals surface area contributed by atoms with Crippen LogP contribution in [-0.2, 0) is 7.05 Å². The Labute approximate surface area is 107 Å². The van der Waals surface area contributed by atoms with Gasteiger partial charge in [0.1, 0.15) is 0 Å². The molecule has 1 heterocycles. The molecule has 16 heavy (non-hydrogen) atoms. The SMILES string of the molecule is CCCNC(c1c(Br)cnn1C)C(C)CC. The van der Waals surface area contributed by atoms with Gasteiger partial charge in [-0.05, 0) is 34.8 Å². The fraction of sp³-hybridized carbons (Fsp3) is 0.750. The van der Waals surface area contributed by atoms with Crippen molar-refractivity contribution in [3.63, 3.8) is 0 Å². The van der Waals surface area contributed by atoms with Crippen LogP contribution in [0.15, 0.2) is 10.7 Å². The van der Waals surface area contributed by atoms with Crippen molar-refractivity contribution >= 4 is 15.9 Å². The van der Waals surface area contributed by atoms with E-state index in [9.17, 15) is 0 Å². The highest BCUT2D eigenvalue weighted by Gasteiger charge is 2.22. The molecule has 0 aromatic carbocycles. The molecule has 0 amide bonds. The monoisotopic (exact) mass is 287 g/mol. The van der Waals surface area contributed by atoms with Gasteiger partial charge in [-0.2, -0.15) is 5.10 Å². The fourth-order valence-corrected chi connectivity index (χ4v) is 2.47. The van der Waals surface area contributed by atoms with Crippen LogP contribution in [-0.4, -0.2) is 16.3 Å². The van der Waals surface area contributed by atoms with E-state index < -0.39 is 0 Å². The van der Waals surface area contributed by atoms with Gasteiger partial charge in [0.2, 0.25) is 0 Å². The molecule has 0 spiro atoms. The molecule has 1 N–H and O–H groups in total. The van der Waals surface area contributed by atoms with Crippen molar-refractivity contribution in [2.45, 2.75) is 39.7 Å². The van der Waals surface area contributed by atoms with Crippen LogP contribution in [0.4, 0.5) is 0 Å². The van der Waals surface area contributed by atoms with Crippen molar-refractivity contribution in [3.05, 3.63) is 16.4 Å². The number of rotatable bonds is 6. The summed E-state index contributed by atoms with van der Waals surface area (Å²) in [5.74, 6) is 0.609. The number of halogens is 1. The van der Waals surface area contributed by atoms with E-state index in [4.69, 9.17) is 0 Å². The Kier molecular flexibility index (Phi) is 5.49. The molecule has 0 aliphatic carbocycles. The fourth-order valence-electron chi connectivity index (χ4n) is 1.87. The summed E-state index contributed by atoms with van der Waals surface area (Å²) in [5.41, 5.74) is 1.25. The van der Waals surface area contributed by atoms with Gasteiger partial charge in [0.15, 0.2) is 0 Å². The first kappa shape index (κ1) is 13.7. The van der Waals surface area contributed by atoms with Gasteiger partial charge in [0, 0.05) is 7.05 Å². The molecule has 0 fully saturated rings. The molecule has 1 aromatic heterocycles. The van der Waals surface area contributed by atoms with Crippen LogP contribution in [0, 0.1) is 5.92 Å². The molecular formula is C12H22BrN3. The molecule has 2 unspecified atom stereocenters. The maximum atomic E-state index is 4.29. The Morgan fingerprint density at radius 2 is 2.19 bits per heavy atom. The first-order valence-corrected chi connectivity index (χ1v) is 6.81. The standard InChI is InChI=1S/C12H22BrN3/c1-5-7-14-11(9(3)6-2)12-10(13)8-15-16(12)4/h8-9,11,14H,5-7H2,1-4H3. The van der Waals surface area contributed by atoms with Crippen LogP contribution in [0.1, 0.15) is 45.3 Å². The maximum Gasteiger partial charge on any atom is 0.0695 e. The third-order valence-electron chi connectivity index (χ3n) is 3.06. The van der Waals surface area contributed by atoms with Gasteiger partial charge in [-0.3, -0.25) is 4.68 Å². The average molecular weight is 288 g/mol. The topological polar surface area (TPSA) is 29.9 Å². The first-order chi connectivity index (χ1) is 7.61. The zero-order chi connectivity index (χ0) is 12.1. The van der Waals surface area contributed by atoms with E-state index in [-0.39, 0.29) is 0 Å². The van der Waals surface area contributed by atoms with Crippen LogP contribution in [0.3, 0.4) is 0 Å². The molecule has 0 bridgehead atoms. The zero-order valence-corrected chi connectivity index (χ0v) is 12.2. The second-order valence-electron chi connectivity index (χ2n) is 4.32. The van der Waals surface area contributed by atoms with Gasteiger partial charge in [0.05, 0.1) is 22.4 Å². The van der Waals surface area contributed by atoms with E-state index in [0.717, 1.165) is 17.4 Å². The highest BCUT2D eigenvalue weighted by Crippen LogP contribution is 2.29. The van der Waals surface area contributed by atoms with E-state index in [1.807, 2.05) is 17.9 Å². The lowest BCUT2D eigenvalue weighted by atomic mass is 9.96. The number of nitrogens with zero attached hydrogens (tertiary/aromatic N) is 2. The molecule has 4 heteroatoms. The van der Waals surface area contributed by atoms with Crippen molar-refractivity contribution < 1.29 is 0 Å². The van der Waals surface area contributed by atoms with Gasteiger partial charge in [0.25, 0.3) is 0 Å². The average Bonchev–Trinajstić information content (AvgIpc) is 2.60. The lowest BCUT2D eigenvalue weighted by Crippen LogP contribution is -2.29. The lowest BCUT2D eigenvalue weighted by molar-refractivity contribution is 0.358. The number of aromatic nitrogens is 2. The van der Waals surface area contributed by atoms with Crippen LogP contribution in [0.25, 0.3) is 0 Å². The smallest absolute Gasteiger partial charge is 0.0695 e.